The maximum Gasteiger partial charge on any atom is 0.312 e. The minimum Gasteiger partial charge on any atom is -0.466 e. The summed E-state index contributed by atoms with van der Waals surface area (Å²) in [5.41, 5.74) is 1.24. The standard InChI is InChI=1S/C15H24O3/c1-3-18-15(17)13-9-10-14(16)8-6-4-5-7-12(2)11-13/h11,13H,3-10H2,1-2H3/b12-11-. The van der Waals surface area contributed by atoms with E-state index in [2.05, 4.69) is 6.92 Å². The molecule has 3 nitrogen and oxygen atoms in total. The molecule has 1 aliphatic carbocycles. The van der Waals surface area contributed by atoms with Crippen LogP contribution in [0.2, 0.25) is 0 Å². The topological polar surface area (TPSA) is 43.4 Å². The second-order valence-electron chi connectivity index (χ2n) is 5.01. The number of ketones is 1. The second kappa shape index (κ2) is 8.06. The number of allylic oxidation sites excluding steroid dienone is 1. The molecule has 0 radical (unpaired) electrons. The van der Waals surface area contributed by atoms with Crippen LogP contribution in [0.25, 0.3) is 0 Å². The van der Waals surface area contributed by atoms with E-state index >= 15 is 0 Å². The Kier molecular flexibility index (Phi) is 6.69. The van der Waals surface area contributed by atoms with Crippen molar-refractivity contribution >= 4 is 11.8 Å². The summed E-state index contributed by atoms with van der Waals surface area (Å²) < 4.78 is 5.07. The highest BCUT2D eigenvalue weighted by molar-refractivity contribution is 5.80. The molecule has 18 heavy (non-hydrogen) atoms. The number of Topliss-reactive ketones (excluding diaryl/α,β-unsaturated/α-hetero) is 1. The van der Waals surface area contributed by atoms with Crippen LogP contribution in [0.3, 0.4) is 0 Å². The van der Waals surface area contributed by atoms with E-state index in [1.54, 1.807) is 0 Å². The van der Waals surface area contributed by atoms with Gasteiger partial charge < -0.3 is 4.74 Å². The third-order valence-electron chi connectivity index (χ3n) is 3.34. The van der Waals surface area contributed by atoms with Crippen molar-refractivity contribution in [3.05, 3.63) is 11.6 Å². The lowest BCUT2D eigenvalue weighted by molar-refractivity contribution is -0.146. The molecule has 0 heterocycles. The van der Waals surface area contributed by atoms with Crippen molar-refractivity contribution in [3.8, 4) is 0 Å². The predicted molar refractivity (Wildman–Crippen MR) is 71.2 cm³/mol. The summed E-state index contributed by atoms with van der Waals surface area (Å²) in [6, 6.07) is 0. The SMILES string of the molecule is CCOC(=O)C1/C=C(/C)CCCCCC(=O)CC1. The van der Waals surface area contributed by atoms with Gasteiger partial charge in [0.1, 0.15) is 5.78 Å². The Morgan fingerprint density at radius 1 is 1.28 bits per heavy atom. The van der Waals surface area contributed by atoms with Gasteiger partial charge in [0, 0.05) is 12.8 Å². The molecule has 1 unspecified atom stereocenters. The van der Waals surface area contributed by atoms with Crippen molar-refractivity contribution in [2.24, 2.45) is 5.92 Å². The second-order valence-corrected chi connectivity index (χ2v) is 5.01. The normalized spacial score (nSPS) is 25.8. The molecule has 1 aliphatic rings. The number of carbonyl (C=O) groups is 2. The Bertz CT molecular complexity index is 318. The largest absolute Gasteiger partial charge is 0.466 e. The zero-order valence-electron chi connectivity index (χ0n) is 11.5. The molecule has 0 fully saturated rings. The number of ether oxygens (including phenoxy) is 1. The van der Waals surface area contributed by atoms with Crippen LogP contribution >= 0.6 is 0 Å². The van der Waals surface area contributed by atoms with Gasteiger partial charge in [0.2, 0.25) is 0 Å². The molecule has 0 spiro atoms. The number of rotatable bonds is 2. The Morgan fingerprint density at radius 3 is 2.72 bits per heavy atom. The van der Waals surface area contributed by atoms with E-state index in [0.29, 0.717) is 25.9 Å². The third-order valence-corrected chi connectivity index (χ3v) is 3.34. The maximum absolute atomic E-state index is 11.8. The van der Waals surface area contributed by atoms with E-state index in [4.69, 9.17) is 4.74 Å². The van der Waals surface area contributed by atoms with E-state index in [1.807, 2.05) is 13.0 Å². The summed E-state index contributed by atoms with van der Waals surface area (Å²) in [5.74, 6) is -0.159. The zero-order valence-corrected chi connectivity index (χ0v) is 11.5. The van der Waals surface area contributed by atoms with Crippen molar-refractivity contribution in [2.45, 2.75) is 58.8 Å². The first-order valence-electron chi connectivity index (χ1n) is 6.99. The van der Waals surface area contributed by atoms with E-state index in [-0.39, 0.29) is 17.7 Å². The van der Waals surface area contributed by atoms with Crippen LogP contribution in [0.1, 0.15) is 58.8 Å². The monoisotopic (exact) mass is 252 g/mol. The minimum atomic E-state index is -0.244. The van der Waals surface area contributed by atoms with E-state index < -0.39 is 0 Å². The molecule has 0 aromatic rings. The van der Waals surface area contributed by atoms with Crippen molar-refractivity contribution in [3.63, 3.8) is 0 Å². The molecule has 0 amide bonds. The van der Waals surface area contributed by atoms with Crippen molar-refractivity contribution in [1.29, 1.82) is 0 Å². The van der Waals surface area contributed by atoms with Crippen LogP contribution < -0.4 is 0 Å². The molecule has 0 aromatic heterocycles. The highest BCUT2D eigenvalue weighted by Gasteiger charge is 2.19. The molecule has 3 heteroatoms. The molecule has 1 atom stereocenters. The summed E-state index contributed by atoms with van der Waals surface area (Å²) in [7, 11) is 0. The molecule has 0 saturated carbocycles. The number of esters is 1. The fraction of sp³-hybridized carbons (Fsp3) is 0.733. The Morgan fingerprint density at radius 2 is 2.00 bits per heavy atom. The molecular formula is C15H24O3. The van der Waals surface area contributed by atoms with Gasteiger partial charge in [0.05, 0.1) is 12.5 Å². The summed E-state index contributed by atoms with van der Waals surface area (Å²) in [6.07, 6.45) is 7.94. The van der Waals surface area contributed by atoms with Crippen LogP contribution in [0.5, 0.6) is 0 Å². The van der Waals surface area contributed by atoms with Crippen LogP contribution in [0, 0.1) is 5.92 Å². The zero-order chi connectivity index (χ0) is 13.4. The minimum absolute atomic E-state index is 0.191. The Balaban J connectivity index is 2.70. The highest BCUT2D eigenvalue weighted by Crippen LogP contribution is 2.20. The number of hydrogen-bond acceptors (Lipinski definition) is 3. The first-order valence-corrected chi connectivity index (χ1v) is 6.99. The summed E-state index contributed by atoms with van der Waals surface area (Å²) in [5, 5.41) is 0. The van der Waals surface area contributed by atoms with Gasteiger partial charge >= 0.3 is 5.97 Å². The fourth-order valence-corrected chi connectivity index (χ4v) is 2.29. The lowest BCUT2D eigenvalue weighted by Gasteiger charge is -2.12. The lowest BCUT2D eigenvalue weighted by Crippen LogP contribution is -2.17. The highest BCUT2D eigenvalue weighted by atomic mass is 16.5. The van der Waals surface area contributed by atoms with E-state index in [1.165, 1.54) is 5.57 Å². The Hall–Kier alpha value is -1.12. The number of hydrogen-bond donors (Lipinski definition) is 0. The van der Waals surface area contributed by atoms with Crippen LogP contribution in [-0.2, 0) is 14.3 Å². The van der Waals surface area contributed by atoms with Gasteiger partial charge in [0.25, 0.3) is 0 Å². The smallest absolute Gasteiger partial charge is 0.312 e. The molecule has 0 saturated heterocycles. The van der Waals surface area contributed by atoms with Gasteiger partial charge in [-0.25, -0.2) is 0 Å². The molecule has 0 bridgehead atoms. The first kappa shape index (κ1) is 14.9. The van der Waals surface area contributed by atoms with Crippen molar-refractivity contribution < 1.29 is 14.3 Å². The molecule has 0 N–H and O–H groups in total. The van der Waals surface area contributed by atoms with Crippen LogP contribution in [0.15, 0.2) is 11.6 Å². The van der Waals surface area contributed by atoms with Gasteiger partial charge in [-0.1, -0.05) is 18.1 Å². The van der Waals surface area contributed by atoms with Gasteiger partial charge in [0.15, 0.2) is 0 Å². The quantitative estimate of drug-likeness (QED) is 0.558. The van der Waals surface area contributed by atoms with Gasteiger partial charge in [-0.05, 0) is 39.5 Å². The average Bonchev–Trinajstić information content (AvgIpc) is 2.36. The predicted octanol–water partition coefficient (Wildman–Crippen LogP) is 3.43. The van der Waals surface area contributed by atoms with Gasteiger partial charge in [-0.3, -0.25) is 9.59 Å². The van der Waals surface area contributed by atoms with Crippen molar-refractivity contribution in [2.75, 3.05) is 6.61 Å². The molecule has 102 valence electrons. The molecule has 1 rings (SSSR count). The van der Waals surface area contributed by atoms with E-state index in [9.17, 15) is 9.59 Å². The van der Waals surface area contributed by atoms with Crippen LogP contribution in [0.4, 0.5) is 0 Å². The van der Waals surface area contributed by atoms with Gasteiger partial charge in [-0.15, -0.1) is 0 Å². The average molecular weight is 252 g/mol. The number of carbonyl (C=O) groups excluding carboxylic acids is 2. The molecule has 0 aliphatic heterocycles. The summed E-state index contributed by atoms with van der Waals surface area (Å²) >= 11 is 0. The summed E-state index contributed by atoms with van der Waals surface area (Å²) in [4.78, 5) is 23.5. The fourth-order valence-electron chi connectivity index (χ4n) is 2.29. The molecular weight excluding hydrogens is 228 g/mol. The van der Waals surface area contributed by atoms with E-state index in [0.717, 1.165) is 25.7 Å². The Labute approximate surface area is 110 Å². The first-order chi connectivity index (χ1) is 8.63. The maximum atomic E-state index is 11.8. The third kappa shape index (κ3) is 5.48. The lowest BCUT2D eigenvalue weighted by atomic mass is 9.97. The van der Waals surface area contributed by atoms with Crippen molar-refractivity contribution in [1.82, 2.24) is 0 Å². The van der Waals surface area contributed by atoms with Crippen LogP contribution in [-0.4, -0.2) is 18.4 Å². The molecule has 0 aromatic carbocycles. The van der Waals surface area contributed by atoms with Gasteiger partial charge in [-0.2, -0.15) is 0 Å². The summed E-state index contributed by atoms with van der Waals surface area (Å²) in [6.45, 7) is 4.27.